The van der Waals surface area contributed by atoms with Gasteiger partial charge in [-0.05, 0) is 40.5 Å². The zero-order valence-electron chi connectivity index (χ0n) is 9.86. The van der Waals surface area contributed by atoms with Gasteiger partial charge in [-0.25, -0.2) is 0 Å². The van der Waals surface area contributed by atoms with E-state index in [1.54, 1.807) is 6.07 Å². The van der Waals surface area contributed by atoms with Crippen LogP contribution in [0.25, 0.3) is 11.5 Å². The fourth-order valence-corrected chi connectivity index (χ4v) is 2.07. The summed E-state index contributed by atoms with van der Waals surface area (Å²) < 4.78 is 6.00. The molecule has 4 nitrogen and oxygen atoms in total. The fraction of sp³-hybridized carbons (Fsp3) is 0.333. The van der Waals surface area contributed by atoms with Gasteiger partial charge in [-0.15, -0.1) is 0 Å². The molecule has 1 aromatic carbocycles. The summed E-state index contributed by atoms with van der Waals surface area (Å²) in [6.45, 7) is 2.07. The number of aromatic nitrogens is 2. The summed E-state index contributed by atoms with van der Waals surface area (Å²) in [7, 11) is 0. The van der Waals surface area contributed by atoms with Crippen LogP contribution < -0.4 is 5.73 Å². The molecule has 0 saturated heterocycles. The first-order valence-electron chi connectivity index (χ1n) is 5.66. The van der Waals surface area contributed by atoms with E-state index in [1.807, 2.05) is 12.1 Å². The van der Waals surface area contributed by atoms with Gasteiger partial charge in [0.15, 0.2) is 5.82 Å². The van der Waals surface area contributed by atoms with Crippen molar-refractivity contribution in [2.24, 2.45) is 5.73 Å². The van der Waals surface area contributed by atoms with E-state index in [2.05, 4.69) is 33.0 Å². The highest BCUT2D eigenvalue weighted by Crippen LogP contribution is 2.28. The maximum Gasteiger partial charge on any atom is 0.258 e. The number of halogens is 2. The summed E-state index contributed by atoms with van der Waals surface area (Å²) in [5, 5.41) is 4.54. The lowest BCUT2D eigenvalue weighted by Gasteiger charge is -2.02. The Kier molecular flexibility index (Phi) is 4.37. The third kappa shape index (κ3) is 2.91. The number of benzene rings is 1. The minimum absolute atomic E-state index is 0.178. The summed E-state index contributed by atoms with van der Waals surface area (Å²) in [4.78, 5) is 4.30. The second kappa shape index (κ2) is 5.82. The summed E-state index contributed by atoms with van der Waals surface area (Å²) >= 11 is 9.29. The standard InChI is InChI=1S/C12H13BrClN3O/c1-2-3-10(15)11-16-12(18-17-11)7-4-5-9(14)8(13)6-7/h4-6,10H,2-3,15H2,1H3. The van der Waals surface area contributed by atoms with E-state index in [9.17, 15) is 0 Å². The van der Waals surface area contributed by atoms with Crippen molar-refractivity contribution in [1.82, 2.24) is 10.1 Å². The van der Waals surface area contributed by atoms with Crippen molar-refractivity contribution in [2.75, 3.05) is 0 Å². The number of hydrogen-bond donors (Lipinski definition) is 1. The highest BCUT2D eigenvalue weighted by atomic mass is 79.9. The first-order valence-corrected chi connectivity index (χ1v) is 6.83. The lowest BCUT2D eigenvalue weighted by molar-refractivity contribution is 0.413. The van der Waals surface area contributed by atoms with Gasteiger partial charge in [-0.2, -0.15) is 4.98 Å². The van der Waals surface area contributed by atoms with E-state index in [1.165, 1.54) is 0 Å². The Morgan fingerprint density at radius 3 is 2.94 bits per heavy atom. The van der Waals surface area contributed by atoms with Crippen LogP contribution >= 0.6 is 27.5 Å². The van der Waals surface area contributed by atoms with Crippen LogP contribution in [0, 0.1) is 0 Å². The number of hydrogen-bond acceptors (Lipinski definition) is 4. The van der Waals surface area contributed by atoms with Crippen LogP contribution in [0.4, 0.5) is 0 Å². The molecule has 0 radical (unpaired) electrons. The van der Waals surface area contributed by atoms with Crippen molar-refractivity contribution in [3.8, 4) is 11.5 Å². The molecule has 2 N–H and O–H groups in total. The van der Waals surface area contributed by atoms with Crippen LogP contribution in [0.1, 0.15) is 31.6 Å². The lowest BCUT2D eigenvalue weighted by Crippen LogP contribution is -2.11. The molecule has 18 heavy (non-hydrogen) atoms. The van der Waals surface area contributed by atoms with E-state index in [-0.39, 0.29) is 6.04 Å². The van der Waals surface area contributed by atoms with Gasteiger partial charge in [0.25, 0.3) is 5.89 Å². The van der Waals surface area contributed by atoms with Gasteiger partial charge >= 0.3 is 0 Å². The quantitative estimate of drug-likeness (QED) is 0.921. The lowest BCUT2D eigenvalue weighted by atomic mass is 10.2. The molecule has 2 aromatic rings. The van der Waals surface area contributed by atoms with Crippen molar-refractivity contribution >= 4 is 27.5 Å². The number of rotatable bonds is 4. The second-order valence-corrected chi connectivity index (χ2v) is 5.24. The van der Waals surface area contributed by atoms with Gasteiger partial charge in [0, 0.05) is 10.0 Å². The van der Waals surface area contributed by atoms with Gasteiger partial charge in [-0.3, -0.25) is 0 Å². The predicted octanol–water partition coefficient (Wildman–Crippen LogP) is 3.95. The first kappa shape index (κ1) is 13.5. The summed E-state index contributed by atoms with van der Waals surface area (Å²) in [5.41, 5.74) is 6.75. The van der Waals surface area contributed by atoms with Crippen molar-refractivity contribution < 1.29 is 4.52 Å². The molecule has 0 fully saturated rings. The molecule has 0 aliphatic heterocycles. The van der Waals surface area contributed by atoms with Gasteiger partial charge in [0.2, 0.25) is 0 Å². The largest absolute Gasteiger partial charge is 0.334 e. The molecule has 1 heterocycles. The Labute approximate surface area is 119 Å². The molecular weight excluding hydrogens is 318 g/mol. The molecule has 0 bridgehead atoms. The van der Waals surface area contributed by atoms with Gasteiger partial charge in [0.1, 0.15) is 0 Å². The molecular formula is C12H13BrClN3O. The second-order valence-electron chi connectivity index (χ2n) is 3.98. The Balaban J connectivity index is 2.26. The smallest absolute Gasteiger partial charge is 0.258 e. The van der Waals surface area contributed by atoms with Gasteiger partial charge < -0.3 is 10.3 Å². The highest BCUT2D eigenvalue weighted by Gasteiger charge is 2.15. The Morgan fingerprint density at radius 2 is 2.28 bits per heavy atom. The predicted molar refractivity (Wildman–Crippen MR) is 74.3 cm³/mol. The van der Waals surface area contributed by atoms with Crippen molar-refractivity contribution in [3.05, 3.63) is 33.5 Å². The number of nitrogens with two attached hydrogens (primary N) is 1. The van der Waals surface area contributed by atoms with Crippen LogP contribution in [-0.4, -0.2) is 10.1 Å². The topological polar surface area (TPSA) is 64.9 Å². The normalized spacial score (nSPS) is 12.7. The first-order chi connectivity index (χ1) is 8.61. The van der Waals surface area contributed by atoms with Crippen LogP contribution in [0.2, 0.25) is 5.02 Å². The molecule has 0 aliphatic rings. The molecule has 96 valence electrons. The molecule has 1 atom stereocenters. The van der Waals surface area contributed by atoms with Crippen molar-refractivity contribution in [3.63, 3.8) is 0 Å². The fourth-order valence-electron chi connectivity index (χ4n) is 1.57. The molecule has 0 spiro atoms. The van der Waals surface area contributed by atoms with Gasteiger partial charge in [0.05, 0.1) is 11.1 Å². The minimum atomic E-state index is -0.178. The molecule has 2 rings (SSSR count). The van der Waals surface area contributed by atoms with Crippen LogP contribution in [-0.2, 0) is 0 Å². The molecule has 1 unspecified atom stereocenters. The van der Waals surface area contributed by atoms with Crippen LogP contribution in [0.5, 0.6) is 0 Å². The van der Waals surface area contributed by atoms with Crippen molar-refractivity contribution in [1.29, 1.82) is 0 Å². The minimum Gasteiger partial charge on any atom is -0.334 e. The Hall–Kier alpha value is -0.910. The SMILES string of the molecule is CCCC(N)c1noc(-c2ccc(Cl)c(Br)c2)n1. The maximum absolute atomic E-state index is 5.94. The van der Waals surface area contributed by atoms with Crippen molar-refractivity contribution in [2.45, 2.75) is 25.8 Å². The van der Waals surface area contributed by atoms with Crippen LogP contribution in [0.15, 0.2) is 27.2 Å². The average molecular weight is 331 g/mol. The highest BCUT2D eigenvalue weighted by molar-refractivity contribution is 9.10. The summed E-state index contributed by atoms with van der Waals surface area (Å²) in [5.74, 6) is 0.992. The summed E-state index contributed by atoms with van der Waals surface area (Å²) in [6.07, 6.45) is 1.82. The van der Waals surface area contributed by atoms with E-state index >= 15 is 0 Å². The average Bonchev–Trinajstić information content (AvgIpc) is 2.82. The van der Waals surface area contributed by atoms with Crippen LogP contribution in [0.3, 0.4) is 0 Å². The monoisotopic (exact) mass is 329 g/mol. The Bertz CT molecular complexity index is 544. The number of nitrogens with zero attached hydrogens (tertiary/aromatic N) is 2. The third-order valence-electron chi connectivity index (χ3n) is 2.54. The third-order valence-corrected chi connectivity index (χ3v) is 3.75. The van der Waals surface area contributed by atoms with E-state index in [0.717, 1.165) is 22.9 Å². The molecule has 6 heteroatoms. The molecule has 0 amide bonds. The van der Waals surface area contributed by atoms with E-state index in [0.29, 0.717) is 16.7 Å². The maximum atomic E-state index is 5.94. The summed E-state index contributed by atoms with van der Waals surface area (Å²) in [6, 6.07) is 5.26. The molecule has 0 aliphatic carbocycles. The molecule has 0 saturated carbocycles. The van der Waals surface area contributed by atoms with E-state index in [4.69, 9.17) is 21.9 Å². The zero-order valence-corrected chi connectivity index (χ0v) is 12.2. The van der Waals surface area contributed by atoms with Gasteiger partial charge in [-0.1, -0.05) is 30.1 Å². The molecule has 1 aromatic heterocycles. The Morgan fingerprint density at radius 1 is 1.50 bits per heavy atom. The zero-order chi connectivity index (χ0) is 13.1. The van der Waals surface area contributed by atoms with E-state index < -0.39 is 0 Å².